The summed E-state index contributed by atoms with van der Waals surface area (Å²) in [5.41, 5.74) is -0.233. The molecule has 20 heavy (non-hydrogen) atoms. The largest absolute Gasteiger partial charge is 0.481 e. The van der Waals surface area contributed by atoms with Gasteiger partial charge >= 0.3 is 5.97 Å². The number of aliphatic carboxylic acids is 1. The van der Waals surface area contributed by atoms with Gasteiger partial charge in [-0.05, 0) is 49.2 Å². The average Bonchev–Trinajstić information content (AvgIpc) is 2.93. The van der Waals surface area contributed by atoms with Gasteiger partial charge in [0.2, 0.25) is 0 Å². The summed E-state index contributed by atoms with van der Waals surface area (Å²) in [5.74, 6) is -0.942. The number of amides is 1. The van der Waals surface area contributed by atoms with Crippen molar-refractivity contribution >= 4 is 27.8 Å². The smallest absolute Gasteiger partial charge is 0.311 e. The van der Waals surface area contributed by atoms with Crippen molar-refractivity contribution in [2.45, 2.75) is 33.2 Å². The van der Waals surface area contributed by atoms with Crippen molar-refractivity contribution in [3.8, 4) is 0 Å². The van der Waals surface area contributed by atoms with Crippen molar-refractivity contribution in [3.63, 3.8) is 0 Å². The van der Waals surface area contributed by atoms with Crippen molar-refractivity contribution < 1.29 is 14.7 Å². The summed E-state index contributed by atoms with van der Waals surface area (Å²) in [4.78, 5) is 25.5. The number of hydrogen-bond acceptors (Lipinski definition) is 2. The highest BCUT2D eigenvalue weighted by molar-refractivity contribution is 9.10. The van der Waals surface area contributed by atoms with Gasteiger partial charge in [0.15, 0.2) is 0 Å². The molecule has 0 bridgehead atoms. The Balaban J connectivity index is 2.24. The summed E-state index contributed by atoms with van der Waals surface area (Å²) >= 11 is 3.39. The van der Waals surface area contributed by atoms with Gasteiger partial charge in [0, 0.05) is 29.8 Å². The molecule has 0 radical (unpaired) electrons. The second-order valence-electron chi connectivity index (χ2n) is 5.89. The highest BCUT2D eigenvalue weighted by atomic mass is 79.9. The van der Waals surface area contributed by atoms with Crippen LogP contribution in [0.2, 0.25) is 0 Å². The van der Waals surface area contributed by atoms with Gasteiger partial charge in [0.1, 0.15) is 5.69 Å². The highest BCUT2D eigenvalue weighted by Crippen LogP contribution is 2.31. The molecule has 0 saturated carbocycles. The Morgan fingerprint density at radius 3 is 2.60 bits per heavy atom. The molecule has 1 aliphatic rings. The number of likely N-dealkylation sites (tertiary alicyclic amines) is 1. The summed E-state index contributed by atoms with van der Waals surface area (Å²) in [6.07, 6.45) is 2.38. The van der Waals surface area contributed by atoms with E-state index in [0.717, 1.165) is 4.47 Å². The molecule has 110 valence electrons. The molecule has 0 aliphatic carbocycles. The molecule has 1 unspecified atom stereocenters. The van der Waals surface area contributed by atoms with E-state index in [4.69, 9.17) is 0 Å². The molecule has 1 saturated heterocycles. The van der Waals surface area contributed by atoms with Gasteiger partial charge in [0.05, 0.1) is 5.41 Å². The molecule has 1 N–H and O–H groups in total. The van der Waals surface area contributed by atoms with Crippen LogP contribution in [0, 0.1) is 5.41 Å². The molecule has 6 heteroatoms. The fraction of sp³-hybridized carbons (Fsp3) is 0.571. The first-order valence-electron chi connectivity index (χ1n) is 6.64. The van der Waals surface area contributed by atoms with Gasteiger partial charge in [-0.2, -0.15) is 0 Å². The van der Waals surface area contributed by atoms with Crippen LogP contribution in [0.3, 0.4) is 0 Å². The standard InChI is InChI=1S/C14H19BrN2O3/c1-9(2)17-7-10(15)6-11(17)12(18)16-5-4-14(3,8-16)13(19)20/h6-7,9H,4-5,8H2,1-3H3,(H,19,20). The molecule has 5 nitrogen and oxygen atoms in total. The van der Waals surface area contributed by atoms with E-state index in [1.807, 2.05) is 24.6 Å². The number of carboxylic acid groups (broad SMARTS) is 1. The predicted octanol–water partition coefficient (Wildman–Crippen LogP) is 2.77. The molecule has 1 aromatic heterocycles. The van der Waals surface area contributed by atoms with Crippen LogP contribution in [-0.2, 0) is 4.79 Å². The Labute approximate surface area is 126 Å². The van der Waals surface area contributed by atoms with Gasteiger partial charge in [0.25, 0.3) is 5.91 Å². The maximum Gasteiger partial charge on any atom is 0.311 e. The quantitative estimate of drug-likeness (QED) is 0.918. The number of hydrogen-bond donors (Lipinski definition) is 1. The molecular weight excluding hydrogens is 324 g/mol. The fourth-order valence-electron chi connectivity index (χ4n) is 2.52. The van der Waals surface area contributed by atoms with Gasteiger partial charge in [-0.3, -0.25) is 9.59 Å². The molecule has 1 atom stereocenters. The molecule has 1 aliphatic heterocycles. The lowest BCUT2D eigenvalue weighted by Crippen LogP contribution is -2.35. The van der Waals surface area contributed by atoms with E-state index >= 15 is 0 Å². The van der Waals surface area contributed by atoms with Gasteiger partial charge in [-0.1, -0.05) is 0 Å². The van der Waals surface area contributed by atoms with Crippen LogP contribution >= 0.6 is 15.9 Å². The number of halogens is 1. The minimum atomic E-state index is -0.840. The number of aromatic nitrogens is 1. The highest BCUT2D eigenvalue weighted by Gasteiger charge is 2.42. The Morgan fingerprint density at radius 2 is 2.10 bits per heavy atom. The molecule has 1 fully saturated rings. The third kappa shape index (κ3) is 2.61. The summed E-state index contributed by atoms with van der Waals surface area (Å²) in [6, 6.07) is 1.97. The topological polar surface area (TPSA) is 62.5 Å². The van der Waals surface area contributed by atoms with Crippen molar-refractivity contribution in [3.05, 3.63) is 22.4 Å². The van der Waals surface area contributed by atoms with Crippen LogP contribution in [0.15, 0.2) is 16.7 Å². The molecule has 0 aromatic carbocycles. The Kier molecular flexibility index (Phi) is 3.95. The lowest BCUT2D eigenvalue weighted by Gasteiger charge is -2.21. The maximum atomic E-state index is 12.6. The number of rotatable bonds is 3. The first kappa shape index (κ1) is 15.1. The lowest BCUT2D eigenvalue weighted by molar-refractivity contribution is -0.147. The van der Waals surface area contributed by atoms with E-state index < -0.39 is 11.4 Å². The van der Waals surface area contributed by atoms with Crippen LogP contribution in [-0.4, -0.2) is 39.5 Å². The number of nitrogens with zero attached hydrogens (tertiary/aromatic N) is 2. The van der Waals surface area contributed by atoms with Crippen molar-refractivity contribution in [1.29, 1.82) is 0 Å². The van der Waals surface area contributed by atoms with Gasteiger partial charge in [-0.15, -0.1) is 0 Å². The number of carbonyl (C=O) groups is 2. The average molecular weight is 343 g/mol. The van der Waals surface area contributed by atoms with E-state index in [-0.39, 0.29) is 18.5 Å². The molecule has 1 aromatic rings. The monoisotopic (exact) mass is 342 g/mol. The summed E-state index contributed by atoms with van der Waals surface area (Å²) < 4.78 is 2.76. The van der Waals surface area contributed by atoms with Crippen LogP contribution in [0.4, 0.5) is 0 Å². The second-order valence-corrected chi connectivity index (χ2v) is 6.80. The minimum absolute atomic E-state index is 0.102. The van der Waals surface area contributed by atoms with Crippen molar-refractivity contribution in [1.82, 2.24) is 9.47 Å². The normalized spacial score (nSPS) is 22.6. The Bertz CT molecular complexity index is 553. The van der Waals surface area contributed by atoms with Crippen LogP contribution < -0.4 is 0 Å². The van der Waals surface area contributed by atoms with Crippen LogP contribution in [0.1, 0.15) is 43.7 Å². The zero-order valence-corrected chi connectivity index (χ0v) is 13.5. The van der Waals surface area contributed by atoms with E-state index in [1.54, 1.807) is 17.9 Å². The molecular formula is C14H19BrN2O3. The van der Waals surface area contributed by atoms with E-state index in [2.05, 4.69) is 15.9 Å². The van der Waals surface area contributed by atoms with Crippen LogP contribution in [0.5, 0.6) is 0 Å². The van der Waals surface area contributed by atoms with E-state index in [0.29, 0.717) is 18.7 Å². The Morgan fingerprint density at radius 1 is 1.45 bits per heavy atom. The summed E-state index contributed by atoms with van der Waals surface area (Å²) in [5, 5.41) is 9.24. The van der Waals surface area contributed by atoms with Gasteiger partial charge < -0.3 is 14.6 Å². The zero-order chi connectivity index (χ0) is 15.1. The Hall–Kier alpha value is -1.30. The third-order valence-electron chi connectivity index (χ3n) is 3.87. The molecule has 2 rings (SSSR count). The molecule has 2 heterocycles. The molecule has 1 amide bonds. The van der Waals surface area contributed by atoms with E-state index in [9.17, 15) is 14.7 Å². The van der Waals surface area contributed by atoms with Crippen molar-refractivity contribution in [2.24, 2.45) is 5.41 Å². The summed E-state index contributed by atoms with van der Waals surface area (Å²) in [7, 11) is 0. The minimum Gasteiger partial charge on any atom is -0.481 e. The van der Waals surface area contributed by atoms with Gasteiger partial charge in [-0.25, -0.2) is 0 Å². The van der Waals surface area contributed by atoms with Crippen molar-refractivity contribution in [2.75, 3.05) is 13.1 Å². The third-order valence-corrected chi connectivity index (χ3v) is 4.30. The number of carbonyl (C=O) groups excluding carboxylic acids is 1. The van der Waals surface area contributed by atoms with E-state index in [1.165, 1.54) is 0 Å². The zero-order valence-electron chi connectivity index (χ0n) is 11.9. The molecule has 0 spiro atoms. The lowest BCUT2D eigenvalue weighted by atomic mass is 9.90. The van der Waals surface area contributed by atoms with Crippen LogP contribution in [0.25, 0.3) is 0 Å². The SMILES string of the molecule is CC(C)n1cc(Br)cc1C(=O)N1CCC(C)(C(=O)O)C1. The number of carboxylic acids is 1. The first-order chi connectivity index (χ1) is 9.24. The summed E-state index contributed by atoms with van der Waals surface area (Å²) in [6.45, 7) is 6.47. The predicted molar refractivity (Wildman–Crippen MR) is 78.8 cm³/mol. The second kappa shape index (κ2) is 5.24. The maximum absolute atomic E-state index is 12.6. The first-order valence-corrected chi connectivity index (χ1v) is 7.44. The fourth-order valence-corrected chi connectivity index (χ4v) is 2.95.